The third kappa shape index (κ3) is 3.54. The van der Waals surface area contributed by atoms with Crippen LogP contribution in [0.5, 0.6) is 0 Å². The van der Waals surface area contributed by atoms with Gasteiger partial charge in [0, 0.05) is 28.4 Å². The highest BCUT2D eigenvalue weighted by molar-refractivity contribution is 7.11. The van der Waals surface area contributed by atoms with Crippen molar-refractivity contribution in [2.75, 3.05) is 5.73 Å². The third-order valence-corrected chi connectivity index (χ3v) is 3.76. The first-order valence-corrected chi connectivity index (χ1v) is 6.94. The van der Waals surface area contributed by atoms with E-state index in [0.717, 1.165) is 6.42 Å². The lowest BCUT2D eigenvalue weighted by Crippen LogP contribution is -2.34. The van der Waals surface area contributed by atoms with E-state index in [9.17, 15) is 4.79 Å². The van der Waals surface area contributed by atoms with Gasteiger partial charge in [0.05, 0.1) is 5.69 Å². The highest BCUT2D eigenvalue weighted by Gasteiger charge is 2.14. The summed E-state index contributed by atoms with van der Waals surface area (Å²) in [6, 6.07) is 7.62. The van der Waals surface area contributed by atoms with Crippen LogP contribution in [0.1, 0.15) is 27.2 Å². The van der Waals surface area contributed by atoms with Crippen LogP contribution < -0.4 is 11.1 Å². The fraction of sp³-hybridized carbons (Fsp3) is 0.286. The van der Waals surface area contributed by atoms with Crippen LogP contribution in [0.2, 0.25) is 0 Å². The molecule has 1 atom stereocenters. The second kappa shape index (κ2) is 5.84. The third-order valence-electron chi connectivity index (χ3n) is 2.73. The van der Waals surface area contributed by atoms with Crippen LogP contribution in [0.3, 0.4) is 0 Å². The van der Waals surface area contributed by atoms with Crippen molar-refractivity contribution in [3.8, 4) is 0 Å². The Kier molecular flexibility index (Phi) is 4.16. The quantitative estimate of drug-likeness (QED) is 0.900. The lowest BCUT2D eigenvalue weighted by atomic mass is 10.2. The van der Waals surface area contributed by atoms with E-state index in [0.29, 0.717) is 5.69 Å². The van der Waals surface area contributed by atoms with Crippen LogP contribution in [0.25, 0.3) is 0 Å². The molecule has 0 aliphatic carbocycles. The number of carbonyl (C=O) groups is 1. The number of nitrogens with one attached hydrogen (secondary N) is 1. The van der Waals surface area contributed by atoms with Crippen LogP contribution in [-0.4, -0.2) is 16.9 Å². The van der Waals surface area contributed by atoms with Crippen molar-refractivity contribution >= 4 is 22.9 Å². The highest BCUT2D eigenvalue weighted by atomic mass is 32.1. The number of thiophene rings is 1. The van der Waals surface area contributed by atoms with Crippen molar-refractivity contribution in [3.63, 3.8) is 0 Å². The number of hydrogen-bond donors (Lipinski definition) is 2. The molecule has 0 saturated heterocycles. The van der Waals surface area contributed by atoms with Gasteiger partial charge < -0.3 is 11.1 Å². The number of amides is 1. The summed E-state index contributed by atoms with van der Waals surface area (Å²) in [4.78, 5) is 18.6. The number of carbonyl (C=O) groups excluding carboxylic acids is 1. The summed E-state index contributed by atoms with van der Waals surface area (Å²) in [7, 11) is 0. The van der Waals surface area contributed by atoms with Gasteiger partial charge in [0.2, 0.25) is 0 Å². The summed E-state index contributed by atoms with van der Waals surface area (Å²) in [6.07, 6.45) is 2.38. The molecule has 3 N–H and O–H groups in total. The molecule has 0 saturated carbocycles. The number of nitrogen functional groups attached to an aromatic ring is 1. The molecule has 2 heterocycles. The molecule has 100 valence electrons. The number of rotatable bonds is 4. The molecule has 2 aromatic rings. The molecule has 0 radical (unpaired) electrons. The molecule has 0 aliphatic heterocycles. The zero-order valence-corrected chi connectivity index (χ0v) is 11.8. The van der Waals surface area contributed by atoms with Crippen molar-refractivity contribution in [2.24, 2.45) is 0 Å². The summed E-state index contributed by atoms with van der Waals surface area (Å²) in [5, 5.41) is 2.92. The predicted octanol–water partition coefficient (Wildman–Crippen LogP) is 2.39. The number of aryl methyl sites for hydroxylation is 1. The summed E-state index contributed by atoms with van der Waals surface area (Å²) >= 11 is 1.75. The van der Waals surface area contributed by atoms with Gasteiger partial charge >= 0.3 is 0 Å². The number of nitrogens with two attached hydrogens (primary N) is 1. The van der Waals surface area contributed by atoms with Crippen LogP contribution in [0.15, 0.2) is 30.5 Å². The predicted molar refractivity (Wildman–Crippen MR) is 78.3 cm³/mol. The minimum Gasteiger partial charge on any atom is -0.397 e. The van der Waals surface area contributed by atoms with Crippen molar-refractivity contribution in [1.82, 2.24) is 10.3 Å². The second-order valence-electron chi connectivity index (χ2n) is 4.53. The lowest BCUT2D eigenvalue weighted by Gasteiger charge is -2.13. The Morgan fingerprint density at radius 3 is 2.89 bits per heavy atom. The molecule has 0 aromatic carbocycles. The van der Waals surface area contributed by atoms with E-state index in [1.54, 1.807) is 29.7 Å². The van der Waals surface area contributed by atoms with E-state index in [1.807, 2.05) is 6.92 Å². The van der Waals surface area contributed by atoms with Gasteiger partial charge in [-0.3, -0.25) is 4.79 Å². The highest BCUT2D eigenvalue weighted by Crippen LogP contribution is 2.17. The number of hydrogen-bond acceptors (Lipinski definition) is 4. The second-order valence-corrected chi connectivity index (χ2v) is 5.90. The van der Waals surface area contributed by atoms with Gasteiger partial charge in [0.25, 0.3) is 5.91 Å². The smallest absolute Gasteiger partial charge is 0.272 e. The average Bonchev–Trinajstić information content (AvgIpc) is 2.74. The number of anilines is 1. The number of aromatic nitrogens is 1. The van der Waals surface area contributed by atoms with Crippen molar-refractivity contribution < 1.29 is 4.79 Å². The van der Waals surface area contributed by atoms with Crippen LogP contribution in [0.4, 0.5) is 5.69 Å². The van der Waals surface area contributed by atoms with Gasteiger partial charge in [-0.2, -0.15) is 0 Å². The zero-order valence-electron chi connectivity index (χ0n) is 11.0. The topological polar surface area (TPSA) is 68.0 Å². The minimum atomic E-state index is -0.223. The minimum absolute atomic E-state index is 0.0481. The fourth-order valence-corrected chi connectivity index (χ4v) is 2.87. The van der Waals surface area contributed by atoms with E-state index in [1.165, 1.54) is 9.75 Å². The van der Waals surface area contributed by atoms with Crippen molar-refractivity contribution in [2.45, 2.75) is 26.3 Å². The molecule has 2 rings (SSSR count). The summed E-state index contributed by atoms with van der Waals surface area (Å²) < 4.78 is 0. The Hall–Kier alpha value is -1.88. The Bertz CT molecular complexity index is 580. The van der Waals surface area contributed by atoms with Gasteiger partial charge in [-0.15, -0.1) is 11.3 Å². The first-order valence-electron chi connectivity index (χ1n) is 6.13. The monoisotopic (exact) mass is 275 g/mol. The van der Waals surface area contributed by atoms with E-state index < -0.39 is 0 Å². The van der Waals surface area contributed by atoms with Gasteiger partial charge in [-0.1, -0.05) is 0 Å². The molecular formula is C14H17N3OS. The molecule has 1 unspecified atom stereocenters. The molecule has 4 nitrogen and oxygen atoms in total. The molecular weight excluding hydrogens is 258 g/mol. The maximum absolute atomic E-state index is 12.0. The molecule has 2 aromatic heterocycles. The van der Waals surface area contributed by atoms with Gasteiger partial charge in [0.1, 0.15) is 0 Å². The molecule has 0 aliphatic rings. The van der Waals surface area contributed by atoms with E-state index in [-0.39, 0.29) is 17.6 Å². The largest absolute Gasteiger partial charge is 0.397 e. The van der Waals surface area contributed by atoms with E-state index in [4.69, 9.17) is 5.73 Å². The maximum atomic E-state index is 12.0. The van der Waals surface area contributed by atoms with E-state index in [2.05, 4.69) is 29.4 Å². The van der Waals surface area contributed by atoms with Crippen LogP contribution in [0, 0.1) is 6.92 Å². The Labute approximate surface area is 116 Å². The fourth-order valence-electron chi connectivity index (χ4n) is 1.85. The summed E-state index contributed by atoms with van der Waals surface area (Å²) in [5.41, 5.74) is 6.42. The van der Waals surface area contributed by atoms with Gasteiger partial charge in [-0.05, 0) is 38.1 Å². The SMILES string of the molecule is Cc1ccc(CC(C)NC(=O)c2ncccc2N)s1. The van der Waals surface area contributed by atoms with Crippen molar-refractivity contribution in [1.29, 1.82) is 0 Å². The van der Waals surface area contributed by atoms with Crippen LogP contribution in [-0.2, 0) is 6.42 Å². The number of pyridine rings is 1. The molecule has 5 heteroatoms. The maximum Gasteiger partial charge on any atom is 0.272 e. The zero-order chi connectivity index (χ0) is 13.8. The summed E-state index contributed by atoms with van der Waals surface area (Å²) in [6.45, 7) is 4.05. The van der Waals surface area contributed by atoms with Gasteiger partial charge in [-0.25, -0.2) is 4.98 Å². The Morgan fingerprint density at radius 1 is 1.47 bits per heavy atom. The average molecular weight is 275 g/mol. The molecule has 1 amide bonds. The standard InChI is InChI=1S/C14H17N3OS/c1-9(8-11-6-5-10(2)19-11)17-14(18)13-12(15)4-3-7-16-13/h3-7,9H,8,15H2,1-2H3,(H,17,18). The normalized spacial score (nSPS) is 12.1. The summed E-state index contributed by atoms with van der Waals surface area (Å²) in [5.74, 6) is -0.223. The Morgan fingerprint density at radius 2 is 2.26 bits per heavy atom. The molecule has 0 fully saturated rings. The van der Waals surface area contributed by atoms with E-state index >= 15 is 0 Å². The molecule has 0 bridgehead atoms. The first kappa shape index (κ1) is 13.5. The number of nitrogens with zero attached hydrogens (tertiary/aromatic N) is 1. The molecule has 19 heavy (non-hydrogen) atoms. The lowest BCUT2D eigenvalue weighted by molar-refractivity contribution is 0.0936. The van der Waals surface area contributed by atoms with Gasteiger partial charge in [0.15, 0.2) is 5.69 Å². The van der Waals surface area contributed by atoms with Crippen molar-refractivity contribution in [3.05, 3.63) is 45.9 Å². The first-order chi connectivity index (χ1) is 9.06. The Balaban J connectivity index is 1.97. The van der Waals surface area contributed by atoms with Crippen LogP contribution >= 0.6 is 11.3 Å². The molecule has 0 spiro atoms.